The van der Waals surface area contributed by atoms with E-state index in [0.717, 1.165) is 47.2 Å². The van der Waals surface area contributed by atoms with Gasteiger partial charge >= 0.3 is 0 Å². The number of aryl methyl sites for hydroxylation is 1. The van der Waals surface area contributed by atoms with E-state index >= 15 is 0 Å². The Morgan fingerprint density at radius 2 is 1.60 bits per heavy atom. The maximum Gasteiger partial charge on any atom is 0.164 e. The summed E-state index contributed by atoms with van der Waals surface area (Å²) in [5, 5.41) is 17.9. The number of hydrogen-bond donors (Lipinski definition) is 1. The van der Waals surface area contributed by atoms with Crippen LogP contribution in [0.3, 0.4) is 0 Å². The van der Waals surface area contributed by atoms with Crippen LogP contribution in [0.2, 0.25) is 0 Å². The first-order chi connectivity index (χ1) is 22.2. The Kier molecular flexibility index (Phi) is 13.5. The molecular weight excluding hydrogens is 829 g/mol. The van der Waals surface area contributed by atoms with Gasteiger partial charge in [0.25, 0.3) is 0 Å². The third kappa shape index (κ3) is 8.16. The summed E-state index contributed by atoms with van der Waals surface area (Å²) in [5.74, 6) is 0.286. The zero-order valence-electron chi connectivity index (χ0n) is 30.0. The van der Waals surface area contributed by atoms with Gasteiger partial charge in [-0.15, -0.1) is 52.0 Å². The summed E-state index contributed by atoms with van der Waals surface area (Å²) in [6, 6.07) is 12.4. The van der Waals surface area contributed by atoms with E-state index in [1.54, 1.807) is 40.8 Å². The summed E-state index contributed by atoms with van der Waals surface area (Å²) in [7, 11) is 0. The predicted octanol–water partition coefficient (Wildman–Crippen LogP) is 13.0. The Morgan fingerprint density at radius 1 is 0.958 bits per heavy atom. The number of aromatic nitrogens is 2. The molecule has 8 heteroatoms. The van der Waals surface area contributed by atoms with Gasteiger partial charge < -0.3 is 5.11 Å². The minimum Gasteiger partial charge on any atom is -0.512 e. The smallest absolute Gasteiger partial charge is 0.164 e. The van der Waals surface area contributed by atoms with Crippen LogP contribution in [-0.2, 0) is 30.3 Å². The van der Waals surface area contributed by atoms with Gasteiger partial charge in [0.15, 0.2) is 5.78 Å². The zero-order chi connectivity index (χ0) is 34.7. The van der Waals surface area contributed by atoms with Crippen LogP contribution in [0.1, 0.15) is 99.1 Å². The first-order valence-corrected chi connectivity index (χ1v) is 19.1. The predicted molar refractivity (Wildman–Crippen MR) is 207 cm³/mol. The monoisotopic (exact) mass is 878 g/mol. The van der Waals surface area contributed by atoms with Crippen LogP contribution >= 0.6 is 34.4 Å². The molecule has 5 rings (SSSR count). The molecule has 0 atom stereocenters. The van der Waals surface area contributed by atoms with Gasteiger partial charge in [-0.2, -0.15) is 11.8 Å². The summed E-state index contributed by atoms with van der Waals surface area (Å²) in [6.45, 7) is 24.9. The fraction of sp³-hybridized carbons (Fsp3) is 0.425. The van der Waals surface area contributed by atoms with Gasteiger partial charge in [0, 0.05) is 57.5 Å². The third-order valence-electron chi connectivity index (χ3n) is 9.95. The minimum atomic E-state index is -0.337. The van der Waals surface area contributed by atoms with Gasteiger partial charge in [-0.3, -0.25) is 9.78 Å². The number of allylic oxidation sites excluding steroid dienone is 2. The normalized spacial score (nSPS) is 12.6. The number of thiophene rings is 2. The van der Waals surface area contributed by atoms with Crippen LogP contribution in [0.15, 0.2) is 64.7 Å². The molecule has 0 aliphatic heterocycles. The average Bonchev–Trinajstić information content (AvgIpc) is 3.61. The van der Waals surface area contributed by atoms with E-state index in [-0.39, 0.29) is 47.9 Å². The number of rotatable bonds is 10. The molecule has 3 heterocycles. The molecule has 4 nitrogen and oxygen atoms in total. The van der Waals surface area contributed by atoms with E-state index < -0.39 is 0 Å². The number of fused-ring (bicyclic) bond motifs is 4. The second-order valence-corrected chi connectivity index (χ2v) is 16.8. The zero-order valence-corrected chi connectivity index (χ0v) is 34.8. The van der Waals surface area contributed by atoms with Crippen molar-refractivity contribution < 1.29 is 30.0 Å². The Labute approximate surface area is 312 Å². The van der Waals surface area contributed by atoms with Gasteiger partial charge in [-0.25, -0.2) is 4.98 Å². The van der Waals surface area contributed by atoms with E-state index in [1.807, 2.05) is 47.0 Å². The Morgan fingerprint density at radius 3 is 2.19 bits per heavy atom. The molecule has 0 unspecified atom stereocenters. The molecule has 259 valence electrons. The molecule has 0 aliphatic carbocycles. The molecule has 0 saturated carbocycles. The average molecular weight is 878 g/mol. The van der Waals surface area contributed by atoms with E-state index in [1.165, 1.54) is 42.3 Å². The Balaban J connectivity index is 0.000000301. The van der Waals surface area contributed by atoms with E-state index in [0.29, 0.717) is 0 Å². The molecule has 3 aromatic heterocycles. The first-order valence-electron chi connectivity index (χ1n) is 16.5. The molecule has 2 aromatic carbocycles. The van der Waals surface area contributed by atoms with E-state index in [4.69, 9.17) is 4.98 Å². The van der Waals surface area contributed by atoms with Crippen molar-refractivity contribution in [1.29, 1.82) is 0 Å². The number of aliphatic hydroxyl groups excluding tert-OH is 1. The topological polar surface area (TPSA) is 63.1 Å². The minimum absolute atomic E-state index is 0. The molecule has 1 N–H and O–H groups in total. The standard InChI is InChI=1S/C25H21N2S3.C15H28O2.Ir/c1-6-28-19-8-7-15(9-18(19)25(3,4)5)23-22-17-10-16-14(2)12-29-20(16)11-21(17)30-24(22)27-13-26-23;1-7-14(5,8-2)12(16)11-13(17)15(6,9-3)10-4;/h6,8-13H,1H2,2-5H3;11,16H,7-10H2,1-6H3;/q-1;;/b;12-11-;. The number of nitrogens with zero attached hydrogens (tertiary/aromatic N) is 2. The summed E-state index contributed by atoms with van der Waals surface area (Å²) in [6.07, 6.45) is 6.43. The van der Waals surface area contributed by atoms with Crippen LogP contribution < -0.4 is 0 Å². The fourth-order valence-electron chi connectivity index (χ4n) is 5.53. The van der Waals surface area contributed by atoms with Crippen LogP contribution in [0, 0.1) is 23.8 Å². The van der Waals surface area contributed by atoms with Gasteiger partial charge in [-0.05, 0) is 77.3 Å². The summed E-state index contributed by atoms with van der Waals surface area (Å²) >= 11 is 5.19. The Bertz CT molecular complexity index is 1940. The number of ketones is 1. The Hall–Kier alpha value is -2.35. The number of thioether (sulfide) groups is 1. The number of carbonyl (C=O) groups excluding carboxylic acids is 1. The van der Waals surface area contributed by atoms with Crippen molar-refractivity contribution in [3.8, 4) is 11.3 Å². The van der Waals surface area contributed by atoms with Crippen molar-refractivity contribution in [1.82, 2.24) is 9.97 Å². The summed E-state index contributed by atoms with van der Waals surface area (Å²) < 4.78 is 2.59. The third-order valence-corrected chi connectivity index (χ3v) is 12.8. The van der Waals surface area contributed by atoms with Crippen molar-refractivity contribution in [3.05, 3.63) is 77.0 Å². The number of aliphatic hydroxyl groups is 1. The molecule has 0 amide bonds. The van der Waals surface area contributed by atoms with E-state index in [2.05, 4.69) is 75.0 Å². The quantitative estimate of drug-likeness (QED) is 0.0655. The van der Waals surface area contributed by atoms with Crippen LogP contribution in [0.25, 0.3) is 41.6 Å². The summed E-state index contributed by atoms with van der Waals surface area (Å²) in [4.78, 5) is 23.7. The maximum absolute atomic E-state index is 12.2. The molecule has 0 saturated heterocycles. The molecular formula is C40H49IrN2O2S3-. The number of hydrogen-bond acceptors (Lipinski definition) is 7. The molecule has 0 spiro atoms. The van der Waals surface area contributed by atoms with Crippen LogP contribution in [-0.4, -0.2) is 20.9 Å². The second kappa shape index (κ2) is 16.1. The van der Waals surface area contributed by atoms with Gasteiger partial charge in [0.1, 0.15) is 16.9 Å². The van der Waals surface area contributed by atoms with Gasteiger partial charge in [0.2, 0.25) is 0 Å². The van der Waals surface area contributed by atoms with Gasteiger partial charge in [0.05, 0.1) is 0 Å². The molecule has 1 radical (unpaired) electrons. The number of benzene rings is 2. The molecule has 0 fully saturated rings. The fourth-order valence-corrected chi connectivity index (χ4v) is 8.43. The molecule has 5 aromatic rings. The first kappa shape index (κ1) is 40.1. The van der Waals surface area contributed by atoms with Crippen molar-refractivity contribution in [2.45, 2.75) is 105 Å². The van der Waals surface area contributed by atoms with Gasteiger partial charge in [-0.1, -0.05) is 73.8 Å². The van der Waals surface area contributed by atoms with Crippen LogP contribution in [0.5, 0.6) is 0 Å². The molecule has 48 heavy (non-hydrogen) atoms. The maximum atomic E-state index is 12.2. The SMILES string of the molecule is C=CSc1c[c-]c(-c2ncnc3sc4cc5scc(C)c5cc4c23)cc1C(C)(C)C.CCC(C)(CC)C(=O)/C=C(\O)C(C)(CC)CC.[Ir]. The molecule has 0 bridgehead atoms. The van der Waals surface area contributed by atoms with Crippen molar-refractivity contribution >= 4 is 70.6 Å². The second-order valence-electron chi connectivity index (χ2n) is 13.9. The number of carbonyl (C=O) groups is 1. The van der Waals surface area contributed by atoms with Crippen molar-refractivity contribution in [2.75, 3.05) is 0 Å². The van der Waals surface area contributed by atoms with Crippen LogP contribution in [0.4, 0.5) is 0 Å². The summed E-state index contributed by atoms with van der Waals surface area (Å²) in [5.41, 5.74) is 3.99. The van der Waals surface area contributed by atoms with Crippen molar-refractivity contribution in [2.24, 2.45) is 10.8 Å². The van der Waals surface area contributed by atoms with Crippen molar-refractivity contribution in [3.63, 3.8) is 0 Å². The molecule has 0 aliphatic rings. The van der Waals surface area contributed by atoms with E-state index in [9.17, 15) is 9.90 Å². The largest absolute Gasteiger partial charge is 0.512 e.